The molecule has 0 N–H and O–H groups in total. The lowest BCUT2D eigenvalue weighted by molar-refractivity contribution is 0.865. The molecule has 11 heavy (non-hydrogen) atoms. The van der Waals surface area contributed by atoms with Gasteiger partial charge >= 0.3 is 0 Å². The summed E-state index contributed by atoms with van der Waals surface area (Å²) in [5.41, 5.74) is 1.05. The van der Waals surface area contributed by atoms with Gasteiger partial charge in [0.05, 0.1) is 17.9 Å². The summed E-state index contributed by atoms with van der Waals surface area (Å²) in [6.07, 6.45) is 3.49. The first-order valence-electron chi connectivity index (χ1n) is 2.35. The van der Waals surface area contributed by atoms with Gasteiger partial charge in [-0.2, -0.15) is 0 Å². The number of rotatable bonds is 1. The fraction of sp³-hybridized carbons (Fsp3) is 0.400. The van der Waals surface area contributed by atoms with E-state index >= 15 is 0 Å². The molecule has 0 bridgehead atoms. The fourth-order valence-corrected chi connectivity index (χ4v) is 0.771. The minimum Gasteiger partial charge on any atom is -0.337 e. The molecule has 0 atom stereocenters. The van der Waals surface area contributed by atoms with Gasteiger partial charge in [-0.05, 0) is 0 Å². The quantitative estimate of drug-likeness (QED) is 0.689. The highest BCUT2D eigenvalue weighted by Gasteiger charge is 1.91. The molecule has 0 radical (unpaired) electrons. The molecule has 1 rings (SSSR count). The molecule has 0 aliphatic carbocycles. The van der Waals surface area contributed by atoms with Crippen LogP contribution in [0.15, 0.2) is 12.5 Å². The van der Waals surface area contributed by atoms with Crippen LogP contribution in [0, 0.1) is 0 Å². The summed E-state index contributed by atoms with van der Waals surface area (Å²) >= 11 is 5.51. The molecular formula is C5H10Cl4N2. The summed E-state index contributed by atoms with van der Waals surface area (Å²) in [6, 6.07) is 0. The lowest BCUT2D eigenvalue weighted by Gasteiger charge is -1.91. The van der Waals surface area contributed by atoms with Gasteiger partial charge in [0.1, 0.15) is 0 Å². The topological polar surface area (TPSA) is 17.8 Å². The van der Waals surface area contributed by atoms with Crippen LogP contribution in [-0.2, 0) is 12.9 Å². The predicted molar refractivity (Wildman–Crippen MR) is 54.5 cm³/mol. The summed E-state index contributed by atoms with van der Waals surface area (Å²) in [5.74, 6) is 0.538. The van der Waals surface area contributed by atoms with Crippen molar-refractivity contribution >= 4 is 48.8 Å². The Morgan fingerprint density at radius 1 is 1.45 bits per heavy atom. The molecule has 2 nitrogen and oxygen atoms in total. The van der Waals surface area contributed by atoms with E-state index in [1.165, 1.54) is 0 Å². The largest absolute Gasteiger partial charge is 0.337 e. The number of hydrogen-bond donors (Lipinski definition) is 0. The van der Waals surface area contributed by atoms with Crippen LogP contribution in [0.5, 0.6) is 0 Å². The molecule has 1 aromatic rings. The molecule has 0 aliphatic heterocycles. The number of alkyl halides is 1. The average Bonchev–Trinajstić information content (AvgIpc) is 2.14. The monoisotopic (exact) mass is 238 g/mol. The first-order chi connectivity index (χ1) is 3.84. The number of imidazole rings is 1. The minimum atomic E-state index is 0. The van der Waals surface area contributed by atoms with Crippen LogP contribution < -0.4 is 0 Å². The van der Waals surface area contributed by atoms with Crippen molar-refractivity contribution in [3.8, 4) is 0 Å². The van der Waals surface area contributed by atoms with Gasteiger partial charge in [-0.25, -0.2) is 4.98 Å². The second-order valence-corrected chi connectivity index (χ2v) is 1.90. The number of aryl methyl sites for hydroxylation is 1. The van der Waals surface area contributed by atoms with E-state index in [-0.39, 0.29) is 37.2 Å². The molecular weight excluding hydrogens is 230 g/mol. The van der Waals surface area contributed by atoms with E-state index in [0.29, 0.717) is 5.88 Å². The lowest BCUT2D eigenvalue weighted by atomic mass is 10.5. The van der Waals surface area contributed by atoms with Crippen LogP contribution in [-0.4, -0.2) is 9.55 Å². The second-order valence-electron chi connectivity index (χ2n) is 1.63. The zero-order valence-corrected chi connectivity index (χ0v) is 9.06. The zero-order chi connectivity index (χ0) is 5.98. The molecule has 0 amide bonds. The van der Waals surface area contributed by atoms with Crippen molar-refractivity contribution in [2.24, 2.45) is 7.05 Å². The second kappa shape index (κ2) is 8.47. The van der Waals surface area contributed by atoms with Gasteiger partial charge in [0, 0.05) is 13.2 Å². The van der Waals surface area contributed by atoms with Crippen molar-refractivity contribution in [2.75, 3.05) is 0 Å². The normalized spacial score (nSPS) is 7.09. The van der Waals surface area contributed by atoms with Crippen molar-refractivity contribution < 1.29 is 0 Å². The summed E-state index contributed by atoms with van der Waals surface area (Å²) < 4.78 is 1.90. The maximum Gasteiger partial charge on any atom is 0.0945 e. The predicted octanol–water partition coefficient (Wildman–Crippen LogP) is 2.42. The van der Waals surface area contributed by atoms with Gasteiger partial charge in [-0.15, -0.1) is 48.8 Å². The van der Waals surface area contributed by atoms with Crippen molar-refractivity contribution in [1.29, 1.82) is 0 Å². The third-order valence-electron chi connectivity index (χ3n) is 1.05. The Hall–Kier alpha value is 0.370. The van der Waals surface area contributed by atoms with E-state index in [9.17, 15) is 0 Å². The van der Waals surface area contributed by atoms with Gasteiger partial charge in [0.25, 0.3) is 0 Å². The smallest absolute Gasteiger partial charge is 0.0945 e. The maximum atomic E-state index is 5.51. The molecule has 0 saturated carbocycles. The average molecular weight is 240 g/mol. The molecule has 1 heterocycles. The highest BCUT2D eigenvalue weighted by atomic mass is 35.5. The first-order valence-corrected chi connectivity index (χ1v) is 2.89. The van der Waals surface area contributed by atoms with E-state index in [0.717, 1.165) is 5.69 Å². The van der Waals surface area contributed by atoms with E-state index < -0.39 is 0 Å². The van der Waals surface area contributed by atoms with Gasteiger partial charge < -0.3 is 4.57 Å². The maximum absolute atomic E-state index is 5.51. The Bertz CT molecular complexity index is 177. The SMILES string of the molecule is Cl.Cl.Cl.Cn1cncc1CCl. The lowest BCUT2D eigenvalue weighted by Crippen LogP contribution is -1.89. The molecule has 0 aliphatic rings. The minimum absolute atomic E-state index is 0. The van der Waals surface area contributed by atoms with Crippen molar-refractivity contribution in [2.45, 2.75) is 5.88 Å². The third kappa shape index (κ3) is 4.75. The van der Waals surface area contributed by atoms with Gasteiger partial charge in [-0.1, -0.05) is 0 Å². The Morgan fingerprint density at radius 2 is 2.00 bits per heavy atom. The van der Waals surface area contributed by atoms with Crippen LogP contribution in [0.1, 0.15) is 5.69 Å². The summed E-state index contributed by atoms with van der Waals surface area (Å²) in [6.45, 7) is 0. The van der Waals surface area contributed by atoms with Crippen LogP contribution >= 0.6 is 48.8 Å². The van der Waals surface area contributed by atoms with Crippen LogP contribution in [0.4, 0.5) is 0 Å². The number of halogens is 4. The molecule has 0 fully saturated rings. The standard InChI is InChI=1S/C5H7ClN2.3ClH/c1-8-4-7-3-5(8)2-6;;;/h3-4H,2H2,1H3;3*1H. The molecule has 1 aromatic heterocycles. The molecule has 0 saturated heterocycles. The highest BCUT2D eigenvalue weighted by Crippen LogP contribution is 1.98. The Balaban J connectivity index is -0.000000213. The summed E-state index contributed by atoms with van der Waals surface area (Å²) in [7, 11) is 1.92. The van der Waals surface area contributed by atoms with Gasteiger partial charge in [0.2, 0.25) is 0 Å². The van der Waals surface area contributed by atoms with Gasteiger partial charge in [-0.3, -0.25) is 0 Å². The first kappa shape index (κ1) is 17.5. The van der Waals surface area contributed by atoms with Crippen LogP contribution in [0.25, 0.3) is 0 Å². The molecule has 68 valence electrons. The van der Waals surface area contributed by atoms with Crippen molar-refractivity contribution in [3.63, 3.8) is 0 Å². The van der Waals surface area contributed by atoms with E-state index in [1.54, 1.807) is 12.5 Å². The van der Waals surface area contributed by atoms with Crippen LogP contribution in [0.3, 0.4) is 0 Å². The Morgan fingerprint density at radius 3 is 2.18 bits per heavy atom. The van der Waals surface area contributed by atoms with E-state index in [2.05, 4.69) is 4.98 Å². The van der Waals surface area contributed by atoms with E-state index in [1.807, 2.05) is 11.6 Å². The summed E-state index contributed by atoms with van der Waals surface area (Å²) in [5, 5.41) is 0. The summed E-state index contributed by atoms with van der Waals surface area (Å²) in [4.78, 5) is 3.87. The van der Waals surface area contributed by atoms with Gasteiger partial charge in [0.15, 0.2) is 0 Å². The molecule has 0 spiro atoms. The molecule has 0 unspecified atom stereocenters. The highest BCUT2D eigenvalue weighted by molar-refractivity contribution is 6.16. The zero-order valence-electron chi connectivity index (χ0n) is 5.86. The molecule has 6 heteroatoms. The number of aromatic nitrogens is 2. The molecule has 0 aromatic carbocycles. The van der Waals surface area contributed by atoms with Crippen molar-refractivity contribution in [1.82, 2.24) is 9.55 Å². The Labute approximate surface area is 89.6 Å². The Kier molecular flexibility index (Phi) is 13.4. The third-order valence-corrected chi connectivity index (χ3v) is 1.33. The van der Waals surface area contributed by atoms with E-state index in [4.69, 9.17) is 11.6 Å². The number of hydrogen-bond acceptors (Lipinski definition) is 1. The van der Waals surface area contributed by atoms with Crippen molar-refractivity contribution in [3.05, 3.63) is 18.2 Å². The van der Waals surface area contributed by atoms with Crippen LogP contribution in [0.2, 0.25) is 0 Å². The fourth-order valence-electron chi connectivity index (χ4n) is 0.513. The number of nitrogens with zero attached hydrogens (tertiary/aromatic N) is 2.